The van der Waals surface area contributed by atoms with Crippen LogP contribution in [0, 0.1) is 6.92 Å². The second-order valence-electron chi connectivity index (χ2n) is 3.73. The fourth-order valence-electron chi connectivity index (χ4n) is 1.53. The highest BCUT2D eigenvalue weighted by Crippen LogP contribution is 2.21. The van der Waals surface area contributed by atoms with E-state index >= 15 is 0 Å². The van der Waals surface area contributed by atoms with Crippen molar-refractivity contribution in [3.63, 3.8) is 0 Å². The summed E-state index contributed by atoms with van der Waals surface area (Å²) in [5.74, 6) is 0. The number of aliphatic hydroxyl groups excluding tert-OH is 1. The van der Waals surface area contributed by atoms with Crippen LogP contribution in [0.5, 0.6) is 0 Å². The van der Waals surface area contributed by atoms with Gasteiger partial charge in [-0.05, 0) is 18.6 Å². The van der Waals surface area contributed by atoms with Gasteiger partial charge in [-0.3, -0.25) is 0 Å². The van der Waals surface area contributed by atoms with Gasteiger partial charge < -0.3 is 15.6 Å². The van der Waals surface area contributed by atoms with Crippen LogP contribution < -0.4 is 10.5 Å². The number of nitrogens with one attached hydrogen (secondary N) is 1. The second kappa shape index (κ2) is 6.69. The molecule has 7 heteroatoms. The van der Waals surface area contributed by atoms with Crippen LogP contribution in [0.15, 0.2) is 23.1 Å². The first-order valence-electron chi connectivity index (χ1n) is 5.52. The lowest BCUT2D eigenvalue weighted by molar-refractivity contribution is 0.0961. The van der Waals surface area contributed by atoms with Crippen molar-refractivity contribution in [1.82, 2.24) is 4.72 Å². The van der Waals surface area contributed by atoms with Gasteiger partial charge in [0.15, 0.2) is 0 Å². The zero-order valence-electron chi connectivity index (χ0n) is 10.2. The average Bonchev–Trinajstić information content (AvgIpc) is 2.28. The van der Waals surface area contributed by atoms with Gasteiger partial charge in [-0.2, -0.15) is 0 Å². The molecule has 0 radical (unpaired) electrons. The molecule has 4 N–H and O–H groups in total. The molecule has 0 atom stereocenters. The smallest absolute Gasteiger partial charge is 0.242 e. The Hall–Kier alpha value is -1.15. The molecular formula is C11H18N2O4S. The minimum atomic E-state index is -3.63. The topological polar surface area (TPSA) is 102 Å². The number of sulfonamides is 1. The number of anilines is 1. The molecule has 0 aromatic heterocycles. The van der Waals surface area contributed by atoms with Crippen LogP contribution in [0.2, 0.25) is 0 Å². The van der Waals surface area contributed by atoms with Crippen molar-refractivity contribution in [1.29, 1.82) is 0 Å². The Balaban J connectivity index is 2.69. The van der Waals surface area contributed by atoms with Gasteiger partial charge in [0.1, 0.15) is 4.90 Å². The molecule has 0 saturated heterocycles. The number of hydrogen-bond acceptors (Lipinski definition) is 5. The lowest BCUT2D eigenvalue weighted by Gasteiger charge is -2.11. The molecule has 0 unspecified atom stereocenters. The van der Waals surface area contributed by atoms with Crippen LogP contribution in [0.1, 0.15) is 5.56 Å². The lowest BCUT2D eigenvalue weighted by Crippen LogP contribution is -2.29. The lowest BCUT2D eigenvalue weighted by atomic mass is 10.2. The van der Waals surface area contributed by atoms with Gasteiger partial charge in [0.25, 0.3) is 0 Å². The molecule has 102 valence electrons. The largest absolute Gasteiger partial charge is 0.398 e. The highest BCUT2D eigenvalue weighted by Gasteiger charge is 2.18. The Kier molecular flexibility index (Phi) is 5.54. The van der Waals surface area contributed by atoms with Crippen LogP contribution in [-0.4, -0.2) is 39.9 Å². The van der Waals surface area contributed by atoms with Crippen molar-refractivity contribution in [2.75, 3.05) is 32.1 Å². The van der Waals surface area contributed by atoms with Crippen LogP contribution in [0.25, 0.3) is 0 Å². The van der Waals surface area contributed by atoms with Gasteiger partial charge in [-0.15, -0.1) is 0 Å². The number of ether oxygens (including phenoxy) is 1. The number of nitrogens with two attached hydrogens (primary N) is 1. The first-order valence-corrected chi connectivity index (χ1v) is 7.00. The number of aliphatic hydroxyl groups is 1. The molecule has 1 aromatic rings. The van der Waals surface area contributed by atoms with Gasteiger partial charge >= 0.3 is 0 Å². The number of nitrogen functional groups attached to an aromatic ring is 1. The van der Waals surface area contributed by atoms with Crippen molar-refractivity contribution in [2.24, 2.45) is 0 Å². The molecule has 1 aromatic carbocycles. The van der Waals surface area contributed by atoms with Crippen molar-refractivity contribution in [3.05, 3.63) is 23.8 Å². The summed E-state index contributed by atoms with van der Waals surface area (Å²) in [5, 5.41) is 8.50. The zero-order chi connectivity index (χ0) is 13.6. The summed E-state index contributed by atoms with van der Waals surface area (Å²) in [6, 6.07) is 4.94. The van der Waals surface area contributed by atoms with Crippen molar-refractivity contribution >= 4 is 15.7 Å². The van der Waals surface area contributed by atoms with E-state index in [0.29, 0.717) is 5.56 Å². The number of aryl methyl sites for hydroxylation is 1. The zero-order valence-corrected chi connectivity index (χ0v) is 11.0. The van der Waals surface area contributed by atoms with E-state index in [-0.39, 0.29) is 36.9 Å². The van der Waals surface area contributed by atoms with E-state index in [2.05, 4.69) is 4.72 Å². The standard InChI is InChI=1S/C11H18N2O4S/c1-9-3-2-4-10(12)11(9)18(15,16)13-5-7-17-8-6-14/h2-4,13-14H,5-8,12H2,1H3. The highest BCUT2D eigenvalue weighted by atomic mass is 32.2. The first kappa shape index (κ1) is 14.9. The van der Waals surface area contributed by atoms with E-state index in [9.17, 15) is 8.42 Å². The van der Waals surface area contributed by atoms with E-state index < -0.39 is 10.0 Å². The van der Waals surface area contributed by atoms with Crippen molar-refractivity contribution in [2.45, 2.75) is 11.8 Å². The minimum Gasteiger partial charge on any atom is -0.398 e. The quantitative estimate of drug-likeness (QED) is 0.474. The molecule has 1 rings (SSSR count). The first-order chi connectivity index (χ1) is 8.49. The third-order valence-corrected chi connectivity index (χ3v) is 3.96. The molecule has 0 spiro atoms. The monoisotopic (exact) mass is 274 g/mol. The Morgan fingerprint density at radius 1 is 1.39 bits per heavy atom. The van der Waals surface area contributed by atoms with Gasteiger partial charge in [0.2, 0.25) is 10.0 Å². The molecular weight excluding hydrogens is 256 g/mol. The summed E-state index contributed by atoms with van der Waals surface area (Å²) in [5.41, 5.74) is 6.49. The molecule has 0 amide bonds. The molecule has 0 saturated carbocycles. The van der Waals surface area contributed by atoms with Gasteiger partial charge in [0.05, 0.1) is 25.5 Å². The van der Waals surface area contributed by atoms with E-state index in [4.69, 9.17) is 15.6 Å². The molecule has 6 nitrogen and oxygen atoms in total. The van der Waals surface area contributed by atoms with E-state index in [0.717, 1.165) is 0 Å². The maximum Gasteiger partial charge on any atom is 0.242 e. The molecule has 0 heterocycles. The third-order valence-electron chi connectivity index (χ3n) is 2.29. The summed E-state index contributed by atoms with van der Waals surface area (Å²) < 4.78 is 31.4. The molecule has 0 fully saturated rings. The highest BCUT2D eigenvalue weighted by molar-refractivity contribution is 7.89. The second-order valence-corrected chi connectivity index (χ2v) is 5.43. The van der Waals surface area contributed by atoms with Crippen LogP contribution in [-0.2, 0) is 14.8 Å². The summed E-state index contributed by atoms with van der Waals surface area (Å²) in [6.07, 6.45) is 0. The molecule has 0 aliphatic carbocycles. The van der Waals surface area contributed by atoms with Gasteiger partial charge in [-0.1, -0.05) is 12.1 Å². The third kappa shape index (κ3) is 3.95. The minimum absolute atomic E-state index is 0.0858. The summed E-state index contributed by atoms with van der Waals surface area (Å²) in [7, 11) is -3.63. The number of hydrogen-bond donors (Lipinski definition) is 3. The van der Waals surface area contributed by atoms with E-state index in [1.54, 1.807) is 25.1 Å². The van der Waals surface area contributed by atoms with E-state index in [1.807, 2.05) is 0 Å². The fraction of sp³-hybridized carbons (Fsp3) is 0.455. The summed E-state index contributed by atoms with van der Waals surface area (Å²) >= 11 is 0. The Morgan fingerprint density at radius 3 is 2.72 bits per heavy atom. The number of rotatable bonds is 7. The Morgan fingerprint density at radius 2 is 2.11 bits per heavy atom. The van der Waals surface area contributed by atoms with Crippen LogP contribution in [0.3, 0.4) is 0 Å². The fourth-order valence-corrected chi connectivity index (χ4v) is 2.90. The number of benzene rings is 1. The molecule has 0 bridgehead atoms. The Labute approximate surface area is 107 Å². The maximum atomic E-state index is 12.0. The molecule has 18 heavy (non-hydrogen) atoms. The SMILES string of the molecule is Cc1cccc(N)c1S(=O)(=O)NCCOCCO. The molecule has 0 aliphatic rings. The predicted octanol–water partition coefficient (Wildman–Crippen LogP) is -0.136. The predicted molar refractivity (Wildman–Crippen MR) is 68.7 cm³/mol. The van der Waals surface area contributed by atoms with Gasteiger partial charge in [-0.25, -0.2) is 13.1 Å². The van der Waals surface area contributed by atoms with E-state index in [1.165, 1.54) is 0 Å². The van der Waals surface area contributed by atoms with Crippen LogP contribution >= 0.6 is 0 Å². The normalized spacial score (nSPS) is 11.7. The maximum absolute atomic E-state index is 12.0. The Bertz CT molecular complexity index is 468. The summed E-state index contributed by atoms with van der Waals surface area (Å²) in [4.78, 5) is 0.104. The van der Waals surface area contributed by atoms with Crippen molar-refractivity contribution in [3.8, 4) is 0 Å². The van der Waals surface area contributed by atoms with Gasteiger partial charge in [0, 0.05) is 6.54 Å². The van der Waals surface area contributed by atoms with Crippen molar-refractivity contribution < 1.29 is 18.3 Å². The average molecular weight is 274 g/mol. The summed E-state index contributed by atoms with van der Waals surface area (Å²) in [6.45, 7) is 2.13. The molecule has 0 aliphatic heterocycles. The van der Waals surface area contributed by atoms with Crippen LogP contribution in [0.4, 0.5) is 5.69 Å².